The molecule has 0 radical (unpaired) electrons. The summed E-state index contributed by atoms with van der Waals surface area (Å²) in [7, 11) is 1.46. The van der Waals surface area contributed by atoms with Gasteiger partial charge in [0.1, 0.15) is 0 Å². The highest BCUT2D eigenvalue weighted by Gasteiger charge is 2.26. The Morgan fingerprint density at radius 1 is 1.13 bits per heavy atom. The van der Waals surface area contributed by atoms with Crippen LogP contribution in [-0.2, 0) is 9.59 Å². The summed E-state index contributed by atoms with van der Waals surface area (Å²) in [6, 6.07) is 4.67. The summed E-state index contributed by atoms with van der Waals surface area (Å²) >= 11 is 0. The Bertz CT molecular complexity index is 613. The van der Waals surface area contributed by atoms with Gasteiger partial charge in [-0.15, -0.1) is 0 Å². The van der Waals surface area contributed by atoms with Gasteiger partial charge in [-0.05, 0) is 38.0 Å². The molecule has 0 spiro atoms. The molecule has 3 N–H and O–H groups in total. The fourth-order valence-electron chi connectivity index (χ4n) is 1.80. The van der Waals surface area contributed by atoms with E-state index in [0.717, 1.165) is 12.8 Å². The van der Waals surface area contributed by atoms with Gasteiger partial charge in [-0.25, -0.2) is 0 Å². The average Bonchev–Trinajstić information content (AvgIpc) is 3.36. The van der Waals surface area contributed by atoms with Gasteiger partial charge in [-0.2, -0.15) is 0 Å². The lowest BCUT2D eigenvalue weighted by Crippen LogP contribution is -2.48. The lowest BCUT2D eigenvalue weighted by molar-refractivity contribution is -0.139. The maximum atomic E-state index is 12.0. The van der Waals surface area contributed by atoms with Gasteiger partial charge in [0.2, 0.25) is 0 Å². The number of rotatable bonds is 5. The van der Waals surface area contributed by atoms with Crippen LogP contribution in [0, 0.1) is 0 Å². The summed E-state index contributed by atoms with van der Waals surface area (Å²) in [5.74, 6) is -1.34. The van der Waals surface area contributed by atoms with Crippen molar-refractivity contribution in [1.82, 2.24) is 16.2 Å². The van der Waals surface area contributed by atoms with Crippen molar-refractivity contribution in [1.29, 1.82) is 0 Å². The van der Waals surface area contributed by atoms with Gasteiger partial charge in [-0.3, -0.25) is 25.2 Å². The van der Waals surface area contributed by atoms with E-state index in [1.165, 1.54) is 19.2 Å². The lowest BCUT2D eigenvalue weighted by Gasteiger charge is -2.11. The first-order valence-electron chi connectivity index (χ1n) is 7.27. The number of carbonyl (C=O) groups is 3. The Morgan fingerprint density at radius 2 is 1.87 bits per heavy atom. The minimum Gasteiger partial charge on any atom is -0.493 e. The molecule has 0 atom stereocenters. The van der Waals surface area contributed by atoms with Gasteiger partial charge < -0.3 is 14.8 Å². The Balaban J connectivity index is 1.91. The molecular weight excluding hydrogens is 302 g/mol. The number of hydrazine groups is 1. The van der Waals surface area contributed by atoms with E-state index in [0.29, 0.717) is 18.1 Å². The van der Waals surface area contributed by atoms with Crippen LogP contribution in [-0.4, -0.2) is 37.5 Å². The van der Waals surface area contributed by atoms with Crippen LogP contribution in [0.25, 0.3) is 0 Å². The van der Waals surface area contributed by atoms with Crippen molar-refractivity contribution < 1.29 is 23.9 Å². The van der Waals surface area contributed by atoms with Gasteiger partial charge in [0.15, 0.2) is 11.5 Å². The van der Waals surface area contributed by atoms with E-state index in [4.69, 9.17) is 9.47 Å². The molecule has 124 valence electrons. The SMILES string of the molecule is CCOc1ccc(C(=O)NNC(=O)C(=O)NC2CC2)cc1OC. The second-order valence-electron chi connectivity index (χ2n) is 4.95. The van der Waals surface area contributed by atoms with E-state index in [9.17, 15) is 14.4 Å². The van der Waals surface area contributed by atoms with Crippen molar-refractivity contribution in [3.05, 3.63) is 23.8 Å². The van der Waals surface area contributed by atoms with E-state index in [1.54, 1.807) is 6.07 Å². The van der Waals surface area contributed by atoms with E-state index >= 15 is 0 Å². The van der Waals surface area contributed by atoms with Gasteiger partial charge in [0.25, 0.3) is 5.91 Å². The zero-order chi connectivity index (χ0) is 16.8. The van der Waals surface area contributed by atoms with Gasteiger partial charge in [0, 0.05) is 11.6 Å². The molecule has 0 aliphatic heterocycles. The second-order valence-corrected chi connectivity index (χ2v) is 4.95. The molecule has 3 amide bonds. The van der Waals surface area contributed by atoms with E-state index in [1.807, 2.05) is 6.92 Å². The molecule has 1 aliphatic rings. The van der Waals surface area contributed by atoms with Crippen LogP contribution in [0.1, 0.15) is 30.1 Å². The molecule has 1 saturated carbocycles. The number of methoxy groups -OCH3 is 1. The predicted molar refractivity (Wildman–Crippen MR) is 80.9 cm³/mol. The number of hydrogen-bond donors (Lipinski definition) is 3. The predicted octanol–water partition coefficient (Wildman–Crippen LogP) is 0.134. The zero-order valence-electron chi connectivity index (χ0n) is 13.0. The van der Waals surface area contributed by atoms with Gasteiger partial charge >= 0.3 is 11.8 Å². The molecular formula is C15H19N3O5. The molecule has 0 bridgehead atoms. The quantitative estimate of drug-likeness (QED) is 0.528. The fourth-order valence-corrected chi connectivity index (χ4v) is 1.80. The van der Waals surface area contributed by atoms with Crippen LogP contribution in [0.2, 0.25) is 0 Å². The van der Waals surface area contributed by atoms with E-state index < -0.39 is 17.7 Å². The van der Waals surface area contributed by atoms with Crippen molar-refractivity contribution in [2.24, 2.45) is 0 Å². The molecule has 0 saturated heterocycles. The zero-order valence-corrected chi connectivity index (χ0v) is 13.0. The van der Waals surface area contributed by atoms with Crippen molar-refractivity contribution in [2.75, 3.05) is 13.7 Å². The van der Waals surface area contributed by atoms with Crippen molar-refractivity contribution in [2.45, 2.75) is 25.8 Å². The maximum absolute atomic E-state index is 12.0. The first kappa shape index (κ1) is 16.6. The largest absolute Gasteiger partial charge is 0.493 e. The van der Waals surface area contributed by atoms with Crippen LogP contribution < -0.4 is 25.6 Å². The van der Waals surface area contributed by atoms with Crippen molar-refractivity contribution in [3.8, 4) is 11.5 Å². The monoisotopic (exact) mass is 321 g/mol. The van der Waals surface area contributed by atoms with Crippen molar-refractivity contribution >= 4 is 17.7 Å². The molecule has 8 nitrogen and oxygen atoms in total. The molecule has 0 unspecified atom stereocenters. The van der Waals surface area contributed by atoms with Crippen LogP contribution in [0.3, 0.4) is 0 Å². The van der Waals surface area contributed by atoms with Crippen molar-refractivity contribution in [3.63, 3.8) is 0 Å². The second kappa shape index (κ2) is 7.48. The summed E-state index contributed by atoms with van der Waals surface area (Å²) in [5, 5.41) is 2.52. The maximum Gasteiger partial charge on any atom is 0.327 e. The standard InChI is InChI=1S/C15H19N3O5/c1-3-23-11-7-4-9(8-12(11)22-2)13(19)17-18-15(21)14(20)16-10-5-6-10/h4,7-8,10H,3,5-6H2,1-2H3,(H,16,20)(H,17,19)(H,18,21). The summed E-state index contributed by atoms with van der Waals surface area (Å²) in [6.45, 7) is 2.30. The first-order chi connectivity index (χ1) is 11.0. The molecule has 8 heteroatoms. The van der Waals surface area contributed by atoms with E-state index in [-0.39, 0.29) is 11.6 Å². The number of benzene rings is 1. The molecule has 1 aliphatic carbocycles. The number of hydrogen-bond acceptors (Lipinski definition) is 5. The Hall–Kier alpha value is -2.77. The third-order valence-electron chi connectivity index (χ3n) is 3.13. The molecule has 1 aromatic carbocycles. The normalized spacial score (nSPS) is 13.0. The molecule has 2 rings (SSSR count). The highest BCUT2D eigenvalue weighted by molar-refractivity contribution is 6.35. The van der Waals surface area contributed by atoms with Crippen LogP contribution >= 0.6 is 0 Å². The van der Waals surface area contributed by atoms with E-state index in [2.05, 4.69) is 16.2 Å². The third-order valence-corrected chi connectivity index (χ3v) is 3.13. The highest BCUT2D eigenvalue weighted by Crippen LogP contribution is 2.27. The Morgan fingerprint density at radius 3 is 2.48 bits per heavy atom. The molecule has 1 aromatic rings. The van der Waals surface area contributed by atoms with Crippen LogP contribution in [0.15, 0.2) is 18.2 Å². The number of ether oxygens (including phenoxy) is 2. The third kappa shape index (κ3) is 4.60. The lowest BCUT2D eigenvalue weighted by atomic mass is 10.2. The van der Waals surface area contributed by atoms with Crippen LogP contribution in [0.4, 0.5) is 0 Å². The average molecular weight is 321 g/mol. The topological polar surface area (TPSA) is 106 Å². The Kier molecular flexibility index (Phi) is 5.40. The number of carbonyl (C=O) groups excluding carboxylic acids is 3. The molecule has 1 fully saturated rings. The summed E-state index contributed by atoms with van der Waals surface area (Å²) in [5.41, 5.74) is 4.51. The molecule has 0 heterocycles. The molecule has 0 aromatic heterocycles. The van der Waals surface area contributed by atoms with Crippen LogP contribution in [0.5, 0.6) is 11.5 Å². The van der Waals surface area contributed by atoms with Gasteiger partial charge in [0.05, 0.1) is 13.7 Å². The summed E-state index contributed by atoms with van der Waals surface area (Å²) < 4.78 is 10.5. The highest BCUT2D eigenvalue weighted by atomic mass is 16.5. The minimum atomic E-state index is -0.914. The number of amides is 3. The van der Waals surface area contributed by atoms with Gasteiger partial charge in [-0.1, -0.05) is 0 Å². The first-order valence-corrected chi connectivity index (χ1v) is 7.27. The Labute approximate surface area is 133 Å². The summed E-state index contributed by atoms with van der Waals surface area (Å²) in [6.07, 6.45) is 1.74. The fraction of sp³-hybridized carbons (Fsp3) is 0.400. The molecule has 23 heavy (non-hydrogen) atoms. The minimum absolute atomic E-state index is 0.0688. The number of nitrogens with one attached hydrogen (secondary N) is 3. The smallest absolute Gasteiger partial charge is 0.327 e. The summed E-state index contributed by atoms with van der Waals surface area (Å²) in [4.78, 5) is 35.0.